The Morgan fingerprint density at radius 2 is 1.89 bits per heavy atom. The Morgan fingerprint density at radius 3 is 2.26 bits per heavy atom. The summed E-state index contributed by atoms with van der Waals surface area (Å²) in [6, 6.07) is -1.13. The first kappa shape index (κ1) is 16.2. The van der Waals surface area contributed by atoms with Crippen molar-refractivity contribution in [1.29, 1.82) is 0 Å². The van der Waals surface area contributed by atoms with E-state index in [2.05, 4.69) is 0 Å². The number of alkyl halides is 4. The minimum absolute atomic E-state index is 0.111. The maximum Gasteiger partial charge on any atom is 0.471 e. The third kappa shape index (κ3) is 4.34. The van der Waals surface area contributed by atoms with Crippen LogP contribution in [-0.4, -0.2) is 61.2 Å². The van der Waals surface area contributed by atoms with Crippen molar-refractivity contribution in [3.8, 4) is 0 Å². The van der Waals surface area contributed by atoms with Gasteiger partial charge in [-0.05, 0) is 6.42 Å². The van der Waals surface area contributed by atoms with E-state index in [1.165, 1.54) is 0 Å². The normalized spacial score (nSPS) is 22.2. The van der Waals surface area contributed by atoms with Crippen LogP contribution in [0.5, 0.6) is 0 Å². The predicted octanol–water partition coefficient (Wildman–Crippen LogP) is 0.372. The van der Waals surface area contributed by atoms with Gasteiger partial charge in [-0.3, -0.25) is 9.59 Å². The van der Waals surface area contributed by atoms with Crippen molar-refractivity contribution in [3.05, 3.63) is 0 Å². The lowest BCUT2D eigenvalue weighted by atomic mass is 10.2. The van der Waals surface area contributed by atoms with E-state index in [4.69, 9.17) is 11.6 Å². The van der Waals surface area contributed by atoms with Crippen LogP contribution >= 0.6 is 11.6 Å². The van der Waals surface area contributed by atoms with Crippen molar-refractivity contribution >= 4 is 33.1 Å². The van der Waals surface area contributed by atoms with Gasteiger partial charge < -0.3 is 4.90 Å². The molecule has 0 spiro atoms. The summed E-state index contributed by atoms with van der Waals surface area (Å²) in [6.45, 7) is -0.831. The van der Waals surface area contributed by atoms with E-state index in [9.17, 15) is 31.2 Å². The van der Waals surface area contributed by atoms with Gasteiger partial charge in [-0.2, -0.15) is 13.2 Å². The molecule has 1 unspecified atom stereocenters. The highest BCUT2D eigenvalue weighted by Gasteiger charge is 2.47. The number of carbonyl (C=O) groups excluding carboxylic acids is 2. The molecule has 1 aliphatic rings. The molecule has 0 aromatic carbocycles. The Kier molecular flexibility index (Phi) is 4.83. The van der Waals surface area contributed by atoms with Gasteiger partial charge in [0.15, 0.2) is 15.6 Å². The number of amides is 1. The molecule has 0 saturated carbocycles. The van der Waals surface area contributed by atoms with Gasteiger partial charge in [-0.25, -0.2) is 8.42 Å². The highest BCUT2D eigenvalue weighted by atomic mass is 35.5. The molecule has 1 amide bonds. The molecule has 0 bridgehead atoms. The van der Waals surface area contributed by atoms with E-state index < -0.39 is 51.9 Å². The minimum atomic E-state index is -5.15. The van der Waals surface area contributed by atoms with Crippen molar-refractivity contribution < 1.29 is 31.2 Å². The number of carbonyl (C=O) groups is 2. The zero-order valence-corrected chi connectivity index (χ0v) is 11.2. The summed E-state index contributed by atoms with van der Waals surface area (Å²) in [5, 5.41) is 0. The smallest absolute Gasteiger partial charge is 0.323 e. The summed E-state index contributed by atoms with van der Waals surface area (Å²) in [5.41, 5.74) is 0. The number of nitrogens with zero attached hydrogens (tertiary/aromatic N) is 1. The standard InChI is InChI=1S/C9H11ClF3NO4S/c10-3-7(15)4-14(8(16)9(11,12)13)6-1-2-19(17,18)5-6/h6H,1-5H2. The summed E-state index contributed by atoms with van der Waals surface area (Å²) in [7, 11) is -3.47. The average molecular weight is 322 g/mol. The molecule has 0 aromatic heterocycles. The summed E-state index contributed by atoms with van der Waals surface area (Å²) in [4.78, 5) is 22.6. The summed E-state index contributed by atoms with van der Waals surface area (Å²) >= 11 is 5.19. The number of sulfone groups is 1. The van der Waals surface area contributed by atoms with Crippen molar-refractivity contribution in [1.82, 2.24) is 4.90 Å². The van der Waals surface area contributed by atoms with Gasteiger partial charge in [0.2, 0.25) is 0 Å². The number of Topliss-reactive ketones (excluding diaryl/α,β-unsaturated/α-hetero) is 1. The Labute approximate surface area is 112 Å². The number of hydrogen-bond acceptors (Lipinski definition) is 4. The van der Waals surface area contributed by atoms with Crippen LogP contribution in [0.4, 0.5) is 13.2 Å². The first-order valence-corrected chi connectivity index (χ1v) is 7.58. The van der Waals surface area contributed by atoms with Crippen LogP contribution in [-0.2, 0) is 19.4 Å². The predicted molar refractivity (Wildman–Crippen MR) is 60.6 cm³/mol. The van der Waals surface area contributed by atoms with Gasteiger partial charge in [-0.1, -0.05) is 0 Å². The quantitative estimate of drug-likeness (QED) is 0.702. The van der Waals surface area contributed by atoms with Crippen LogP contribution in [0, 0.1) is 0 Å². The first-order chi connectivity index (χ1) is 8.57. The second-order valence-corrected chi connectivity index (χ2v) is 6.66. The summed E-state index contributed by atoms with van der Waals surface area (Å²) in [5.74, 6) is -4.39. The van der Waals surface area contributed by atoms with Crippen LogP contribution in [0.25, 0.3) is 0 Å². The Hall–Kier alpha value is -0.830. The highest BCUT2D eigenvalue weighted by molar-refractivity contribution is 7.91. The van der Waals surface area contributed by atoms with Crippen LogP contribution in [0.15, 0.2) is 0 Å². The summed E-state index contributed by atoms with van der Waals surface area (Å²) < 4.78 is 59.7. The van der Waals surface area contributed by atoms with Crippen LogP contribution in [0.2, 0.25) is 0 Å². The lowest BCUT2D eigenvalue weighted by Crippen LogP contribution is -2.50. The molecule has 1 fully saturated rings. The molecular weight excluding hydrogens is 311 g/mol. The fourth-order valence-corrected chi connectivity index (χ4v) is 3.60. The zero-order valence-electron chi connectivity index (χ0n) is 9.61. The van der Waals surface area contributed by atoms with Gasteiger partial charge in [0.05, 0.1) is 23.9 Å². The van der Waals surface area contributed by atoms with Crippen LogP contribution in [0.1, 0.15) is 6.42 Å². The molecule has 110 valence electrons. The molecule has 1 heterocycles. The molecular formula is C9H11ClF3NO4S. The van der Waals surface area contributed by atoms with Crippen molar-refractivity contribution in [3.63, 3.8) is 0 Å². The molecule has 0 aromatic rings. The highest BCUT2D eigenvalue weighted by Crippen LogP contribution is 2.24. The molecule has 0 aliphatic carbocycles. The van der Waals surface area contributed by atoms with Gasteiger partial charge in [-0.15, -0.1) is 11.6 Å². The topological polar surface area (TPSA) is 71.5 Å². The van der Waals surface area contributed by atoms with E-state index in [-0.39, 0.29) is 17.1 Å². The largest absolute Gasteiger partial charge is 0.471 e. The number of rotatable bonds is 4. The maximum atomic E-state index is 12.4. The van der Waals surface area contributed by atoms with Crippen LogP contribution in [0.3, 0.4) is 0 Å². The lowest BCUT2D eigenvalue weighted by Gasteiger charge is -2.28. The van der Waals surface area contributed by atoms with E-state index in [1.807, 2.05) is 0 Å². The molecule has 10 heteroatoms. The van der Waals surface area contributed by atoms with E-state index in [0.29, 0.717) is 0 Å². The van der Waals surface area contributed by atoms with Crippen molar-refractivity contribution in [2.24, 2.45) is 0 Å². The fraction of sp³-hybridized carbons (Fsp3) is 0.778. The van der Waals surface area contributed by atoms with Gasteiger partial charge in [0.1, 0.15) is 0 Å². The second kappa shape index (κ2) is 5.66. The van der Waals surface area contributed by atoms with Crippen molar-refractivity contribution in [2.75, 3.05) is 23.9 Å². The SMILES string of the molecule is O=C(CCl)CN(C(=O)C(F)(F)F)C1CCS(=O)(=O)C1. The van der Waals surface area contributed by atoms with Crippen LogP contribution < -0.4 is 0 Å². The molecule has 1 atom stereocenters. The third-order valence-electron chi connectivity index (χ3n) is 2.65. The van der Waals surface area contributed by atoms with Gasteiger partial charge in [0, 0.05) is 6.04 Å². The lowest BCUT2D eigenvalue weighted by molar-refractivity contribution is -0.187. The number of ketones is 1. The maximum absolute atomic E-state index is 12.4. The average Bonchev–Trinajstić information content (AvgIpc) is 2.63. The minimum Gasteiger partial charge on any atom is -0.323 e. The van der Waals surface area contributed by atoms with Crippen molar-refractivity contribution in [2.45, 2.75) is 18.6 Å². The zero-order chi connectivity index (χ0) is 14.8. The Bertz CT molecular complexity index is 476. The summed E-state index contributed by atoms with van der Waals surface area (Å²) in [6.07, 6.45) is -5.27. The molecule has 0 N–H and O–H groups in total. The monoisotopic (exact) mass is 321 g/mol. The molecule has 1 aliphatic heterocycles. The van der Waals surface area contributed by atoms with Gasteiger partial charge >= 0.3 is 12.1 Å². The molecule has 19 heavy (non-hydrogen) atoms. The molecule has 0 radical (unpaired) electrons. The Morgan fingerprint density at radius 1 is 1.32 bits per heavy atom. The van der Waals surface area contributed by atoms with E-state index in [0.717, 1.165) is 0 Å². The molecule has 1 saturated heterocycles. The third-order valence-corrected chi connectivity index (χ3v) is 4.70. The van der Waals surface area contributed by atoms with E-state index in [1.54, 1.807) is 0 Å². The first-order valence-electron chi connectivity index (χ1n) is 5.22. The molecule has 1 rings (SSSR count). The number of hydrogen-bond donors (Lipinski definition) is 0. The van der Waals surface area contributed by atoms with Gasteiger partial charge in [0.25, 0.3) is 0 Å². The second-order valence-electron chi connectivity index (χ2n) is 4.16. The number of halogens is 4. The molecule has 5 nitrogen and oxygen atoms in total. The fourth-order valence-electron chi connectivity index (χ4n) is 1.78. The Balaban J connectivity index is 2.94. The van der Waals surface area contributed by atoms with E-state index >= 15 is 0 Å².